The van der Waals surface area contributed by atoms with Crippen LogP contribution in [0.1, 0.15) is 34.3 Å². The normalized spacial score (nSPS) is 31.0. The van der Waals surface area contributed by atoms with Crippen molar-refractivity contribution in [2.75, 3.05) is 13.1 Å². The number of carbonyl (C=O) groups is 3. The van der Waals surface area contributed by atoms with Crippen molar-refractivity contribution in [3.8, 4) is 0 Å². The van der Waals surface area contributed by atoms with Gasteiger partial charge in [0.15, 0.2) is 5.96 Å². The first-order valence-electron chi connectivity index (χ1n) is 11.4. The average Bonchev–Trinajstić information content (AvgIpc) is 3.38. The number of nitrogens with zero attached hydrogens (tertiary/aromatic N) is 3. The summed E-state index contributed by atoms with van der Waals surface area (Å²) in [6, 6.07) is 2.41. The SMILES string of the molecule is Cc1cccc(C(=O)NC2C[N+]3=C(N)N[C@@H](CN4C(=O)CCC4=O)[C@@H]4N=C(N)N[C@@]43C2(O)O)c1C. The first kappa shape index (κ1) is 23.1. The van der Waals surface area contributed by atoms with E-state index in [2.05, 4.69) is 20.9 Å². The first-order chi connectivity index (χ1) is 16.5. The number of guanidine groups is 2. The number of benzene rings is 1. The molecule has 9 N–H and O–H groups in total. The maximum absolute atomic E-state index is 13.1. The van der Waals surface area contributed by atoms with E-state index in [1.54, 1.807) is 12.1 Å². The predicted molar refractivity (Wildman–Crippen MR) is 123 cm³/mol. The largest absolute Gasteiger partial charge is 0.370 e. The molecular weight excluding hydrogens is 456 g/mol. The molecule has 1 unspecified atom stereocenters. The molecule has 0 saturated carbocycles. The van der Waals surface area contributed by atoms with E-state index in [9.17, 15) is 24.6 Å². The maximum Gasteiger partial charge on any atom is 0.346 e. The minimum Gasteiger partial charge on any atom is -0.370 e. The van der Waals surface area contributed by atoms with Crippen LogP contribution in [0.2, 0.25) is 0 Å². The van der Waals surface area contributed by atoms with E-state index in [4.69, 9.17) is 11.5 Å². The van der Waals surface area contributed by atoms with E-state index in [1.165, 1.54) is 4.58 Å². The number of nitrogens with two attached hydrogens (primary N) is 2. The third kappa shape index (κ3) is 3.18. The summed E-state index contributed by atoms with van der Waals surface area (Å²) in [6.45, 7) is 3.56. The van der Waals surface area contributed by atoms with Gasteiger partial charge < -0.3 is 26.6 Å². The number of amides is 3. The second kappa shape index (κ2) is 7.65. The van der Waals surface area contributed by atoms with Crippen molar-refractivity contribution >= 4 is 29.6 Å². The van der Waals surface area contributed by atoms with E-state index >= 15 is 0 Å². The predicted octanol–water partition coefficient (Wildman–Crippen LogP) is -3.47. The van der Waals surface area contributed by atoms with Gasteiger partial charge in [-0.05, 0) is 31.0 Å². The Hall–Kier alpha value is -3.71. The van der Waals surface area contributed by atoms with Crippen molar-refractivity contribution < 1.29 is 29.2 Å². The van der Waals surface area contributed by atoms with Crippen molar-refractivity contribution in [3.63, 3.8) is 0 Å². The fourth-order valence-corrected chi connectivity index (χ4v) is 5.56. The van der Waals surface area contributed by atoms with Crippen molar-refractivity contribution in [3.05, 3.63) is 34.9 Å². The fourth-order valence-electron chi connectivity index (χ4n) is 5.56. The monoisotopic (exact) mass is 485 g/mol. The summed E-state index contributed by atoms with van der Waals surface area (Å²) in [7, 11) is 0. The molecule has 0 aromatic heterocycles. The molecule has 4 aliphatic rings. The van der Waals surface area contributed by atoms with E-state index < -0.39 is 35.5 Å². The molecule has 186 valence electrons. The molecule has 35 heavy (non-hydrogen) atoms. The minimum absolute atomic E-state index is 0.0606. The summed E-state index contributed by atoms with van der Waals surface area (Å²) in [6.07, 6.45) is 0.236. The lowest BCUT2D eigenvalue weighted by atomic mass is 9.85. The van der Waals surface area contributed by atoms with E-state index in [1.807, 2.05) is 19.9 Å². The van der Waals surface area contributed by atoms with Crippen LogP contribution < -0.4 is 27.4 Å². The molecule has 0 radical (unpaired) electrons. The molecule has 4 atom stereocenters. The van der Waals surface area contributed by atoms with Crippen LogP contribution in [-0.2, 0) is 9.59 Å². The van der Waals surface area contributed by atoms with Gasteiger partial charge in [-0.2, -0.15) is 0 Å². The zero-order chi connectivity index (χ0) is 25.3. The topological polar surface area (TPSA) is 198 Å². The lowest BCUT2D eigenvalue weighted by Gasteiger charge is -2.44. The van der Waals surface area contributed by atoms with Gasteiger partial charge in [0.2, 0.25) is 23.3 Å². The highest BCUT2D eigenvalue weighted by Gasteiger charge is 2.75. The molecule has 4 heterocycles. The highest BCUT2D eigenvalue weighted by atomic mass is 16.5. The number of nitrogens with one attached hydrogen (secondary N) is 3. The Bertz CT molecular complexity index is 1190. The summed E-state index contributed by atoms with van der Waals surface area (Å²) in [5, 5.41) is 31.7. The van der Waals surface area contributed by atoms with Gasteiger partial charge in [0.05, 0.1) is 13.1 Å². The Labute approximate surface area is 200 Å². The third-order valence-electron chi connectivity index (χ3n) is 7.56. The summed E-state index contributed by atoms with van der Waals surface area (Å²) >= 11 is 0. The van der Waals surface area contributed by atoms with E-state index in [0.29, 0.717) is 5.56 Å². The Morgan fingerprint density at radius 2 is 1.94 bits per heavy atom. The second-order valence-corrected chi connectivity index (χ2v) is 9.49. The molecule has 1 aromatic rings. The molecule has 4 aliphatic heterocycles. The standard InChI is InChI=1S/C22H28N8O5/c1-10-4-3-5-12(11(10)2)18(33)26-14-9-30-20(24)25-13(8-29-15(31)6-7-16(29)32)17-21(30,22(14,34)35)28-19(23)27-17/h3-5,13-14,17,34-35H,6-9H2,1-2H3,(H6,23,24,25,26,27,28,33)/p+1/t13-,14?,17-,21-/m0/s1. The van der Waals surface area contributed by atoms with Crippen LogP contribution in [-0.4, -0.2) is 92.0 Å². The lowest BCUT2D eigenvalue weighted by Crippen LogP contribution is -2.79. The van der Waals surface area contributed by atoms with Gasteiger partial charge in [0.25, 0.3) is 5.91 Å². The Morgan fingerprint density at radius 1 is 1.26 bits per heavy atom. The molecule has 13 heteroatoms. The number of imide groups is 1. The summed E-state index contributed by atoms with van der Waals surface area (Å²) < 4.78 is 1.47. The Kier molecular flexibility index (Phi) is 5.04. The van der Waals surface area contributed by atoms with Crippen molar-refractivity contribution in [2.24, 2.45) is 16.5 Å². The number of rotatable bonds is 4. The second-order valence-electron chi connectivity index (χ2n) is 9.49. The Morgan fingerprint density at radius 3 is 2.63 bits per heavy atom. The van der Waals surface area contributed by atoms with Crippen LogP contribution in [0.25, 0.3) is 0 Å². The lowest BCUT2D eigenvalue weighted by molar-refractivity contribution is -0.623. The van der Waals surface area contributed by atoms with E-state index in [0.717, 1.165) is 16.0 Å². The zero-order valence-corrected chi connectivity index (χ0v) is 19.4. The summed E-state index contributed by atoms with van der Waals surface area (Å²) in [4.78, 5) is 43.0. The maximum atomic E-state index is 13.1. The highest BCUT2D eigenvalue weighted by molar-refractivity contribution is 6.02. The van der Waals surface area contributed by atoms with Crippen LogP contribution in [0.15, 0.2) is 23.2 Å². The molecule has 1 aromatic carbocycles. The third-order valence-corrected chi connectivity index (χ3v) is 7.56. The van der Waals surface area contributed by atoms with Crippen LogP contribution in [0, 0.1) is 13.8 Å². The van der Waals surface area contributed by atoms with Gasteiger partial charge in [0, 0.05) is 18.4 Å². The smallest absolute Gasteiger partial charge is 0.346 e. The van der Waals surface area contributed by atoms with Gasteiger partial charge in [-0.15, -0.1) is 0 Å². The fraction of sp³-hybridized carbons (Fsp3) is 0.500. The van der Waals surface area contributed by atoms with Crippen LogP contribution in [0.4, 0.5) is 0 Å². The van der Waals surface area contributed by atoms with Crippen molar-refractivity contribution in [2.45, 2.75) is 56.3 Å². The van der Waals surface area contributed by atoms with Crippen LogP contribution >= 0.6 is 0 Å². The molecule has 2 fully saturated rings. The zero-order valence-electron chi connectivity index (χ0n) is 19.4. The summed E-state index contributed by atoms with van der Waals surface area (Å²) in [5.41, 5.74) is 12.7. The van der Waals surface area contributed by atoms with Crippen molar-refractivity contribution in [1.82, 2.24) is 20.9 Å². The van der Waals surface area contributed by atoms with Crippen molar-refractivity contribution in [1.29, 1.82) is 0 Å². The molecule has 2 saturated heterocycles. The average molecular weight is 486 g/mol. The number of hydrogen-bond acceptors (Lipinski definition) is 10. The number of carbonyl (C=O) groups excluding carboxylic acids is 3. The molecular formula is C22H29N8O5+. The molecule has 0 aliphatic carbocycles. The molecule has 1 spiro atoms. The first-order valence-corrected chi connectivity index (χ1v) is 11.4. The van der Waals surface area contributed by atoms with Gasteiger partial charge in [-0.3, -0.25) is 30.3 Å². The molecule has 5 rings (SSSR count). The number of aliphatic hydroxyl groups is 2. The molecule has 0 bridgehead atoms. The quantitative estimate of drug-likeness (QED) is 0.129. The van der Waals surface area contributed by atoms with Gasteiger partial charge in [-0.1, -0.05) is 12.1 Å². The number of hydrogen-bond donors (Lipinski definition) is 7. The molecule has 13 nitrogen and oxygen atoms in total. The highest BCUT2D eigenvalue weighted by Crippen LogP contribution is 2.41. The van der Waals surface area contributed by atoms with E-state index in [-0.39, 0.29) is 49.7 Å². The molecule has 3 amide bonds. The number of aryl methyl sites for hydroxylation is 1. The minimum atomic E-state index is -2.58. The van der Waals surface area contributed by atoms with Gasteiger partial charge in [0.1, 0.15) is 18.1 Å². The van der Waals surface area contributed by atoms with Crippen LogP contribution in [0.3, 0.4) is 0 Å². The number of aliphatic imine (C=N–C) groups is 1. The Balaban J connectivity index is 1.48. The van der Waals surface area contributed by atoms with Gasteiger partial charge in [-0.25, -0.2) is 9.57 Å². The van der Waals surface area contributed by atoms with Gasteiger partial charge >= 0.3 is 5.96 Å². The summed E-state index contributed by atoms with van der Waals surface area (Å²) in [5.74, 6) is -3.69. The number of likely N-dealkylation sites (tertiary alicyclic amines) is 1. The van der Waals surface area contributed by atoms with Crippen LogP contribution in [0.5, 0.6) is 0 Å².